The molecule has 1 amide bonds. The van der Waals surface area contributed by atoms with E-state index in [1.807, 2.05) is 32.0 Å². The number of alkyl halides is 3. The van der Waals surface area contributed by atoms with Crippen molar-refractivity contribution in [2.45, 2.75) is 93.8 Å². The summed E-state index contributed by atoms with van der Waals surface area (Å²) in [6.45, 7) is 3.96. The van der Waals surface area contributed by atoms with Gasteiger partial charge in [-0.05, 0) is 86.8 Å². The molecule has 4 aliphatic rings. The van der Waals surface area contributed by atoms with Crippen LogP contribution in [0.25, 0.3) is 22.4 Å². The Labute approximate surface area is 322 Å². The first kappa shape index (κ1) is 36.6. The maximum Gasteiger partial charge on any atom is 0.399 e. The number of sulfonamides is 1. The van der Waals surface area contributed by atoms with E-state index in [-0.39, 0.29) is 53.3 Å². The quantitative estimate of drug-likeness (QED) is 0.194. The molecular weight excluding hydrogens is 744 g/mol. The number of hydrogen-bond donors (Lipinski definition) is 1. The first-order chi connectivity index (χ1) is 26.7. The lowest BCUT2D eigenvalue weighted by molar-refractivity contribution is -0.162. The summed E-state index contributed by atoms with van der Waals surface area (Å²) >= 11 is 0. The fraction of sp³-hybridized carbons (Fsp3) is 0.439. The number of amides is 1. The Balaban J connectivity index is 1.20. The third-order valence-corrected chi connectivity index (χ3v) is 13.9. The van der Waals surface area contributed by atoms with E-state index in [1.165, 1.54) is 28.8 Å². The third-order valence-electron chi connectivity index (χ3n) is 12.5. The van der Waals surface area contributed by atoms with E-state index in [0.29, 0.717) is 34.9 Å². The Morgan fingerprint density at radius 1 is 0.929 bits per heavy atom. The van der Waals surface area contributed by atoms with Gasteiger partial charge in [0.1, 0.15) is 17.5 Å². The molecule has 2 aliphatic heterocycles. The van der Waals surface area contributed by atoms with Crippen LogP contribution in [0.2, 0.25) is 0 Å². The molecule has 1 saturated heterocycles. The molecule has 9 rings (SSSR count). The zero-order valence-corrected chi connectivity index (χ0v) is 32.1. The van der Waals surface area contributed by atoms with Crippen molar-refractivity contribution in [2.24, 2.45) is 18.9 Å². The molecular formula is C41H42F3N7O4S. The predicted octanol–water partition coefficient (Wildman–Crippen LogP) is 7.98. The number of carbonyl (C=O) groups excluding carboxylic acids is 1. The number of anilines is 1. The topological polar surface area (TPSA) is 132 Å². The van der Waals surface area contributed by atoms with E-state index in [9.17, 15) is 21.6 Å². The van der Waals surface area contributed by atoms with Gasteiger partial charge in [-0.3, -0.25) is 9.78 Å². The number of carbonyl (C=O) groups is 1. The second-order valence-corrected chi connectivity index (χ2v) is 17.6. The van der Waals surface area contributed by atoms with Gasteiger partial charge < -0.3 is 14.2 Å². The fourth-order valence-electron chi connectivity index (χ4n) is 9.23. The van der Waals surface area contributed by atoms with Gasteiger partial charge in [-0.15, -0.1) is 0 Å². The molecule has 2 aromatic carbocycles. The van der Waals surface area contributed by atoms with Gasteiger partial charge in [0, 0.05) is 29.9 Å². The average molecular weight is 786 g/mol. The molecule has 1 N–H and O–H groups in total. The molecule has 0 spiro atoms. The van der Waals surface area contributed by atoms with E-state index in [0.717, 1.165) is 48.8 Å². The van der Waals surface area contributed by atoms with Gasteiger partial charge in [0.05, 0.1) is 34.6 Å². The fourth-order valence-corrected chi connectivity index (χ4v) is 10.2. The first-order valence-corrected chi connectivity index (χ1v) is 20.7. The van der Waals surface area contributed by atoms with Crippen LogP contribution in [0, 0.1) is 25.7 Å². The maximum absolute atomic E-state index is 15.1. The van der Waals surface area contributed by atoms with Crippen LogP contribution < -0.4 is 9.46 Å². The van der Waals surface area contributed by atoms with Crippen molar-refractivity contribution < 1.29 is 31.1 Å². The van der Waals surface area contributed by atoms with E-state index >= 15 is 4.79 Å². The number of nitrogens with zero attached hydrogens (tertiary/aromatic N) is 6. The molecule has 2 saturated carbocycles. The standard InChI is InChI=1S/C41H42F3N7O4S/c1-23-8-4-9-24(2)36(23)29-20-35-48-39(47-29)49-56(53,54)27-13-6-12-26(18-27)38(52)51-32(15-7-14-28(25-10-5-11-25)33(51)22-55-35)31-21-45-30-19-34(50(3)37(30)46-31)40(16-17-40)41(42,43)44/h4,6,8-9,12-13,18-21,25,28,32-33H,5,7,10-11,14-17,22H2,1-3H3,(H,47,48,49)/t28-,32-,33-/m1/s1. The van der Waals surface area contributed by atoms with Crippen LogP contribution in [0.3, 0.4) is 0 Å². The molecule has 4 bridgehead atoms. The molecule has 5 heterocycles. The molecule has 3 fully saturated rings. The van der Waals surface area contributed by atoms with Crippen molar-refractivity contribution in [1.29, 1.82) is 0 Å². The largest absolute Gasteiger partial charge is 0.475 e. The minimum Gasteiger partial charge on any atom is -0.475 e. The highest BCUT2D eigenvalue weighted by atomic mass is 32.2. The Kier molecular flexibility index (Phi) is 8.67. The average Bonchev–Trinajstić information content (AvgIpc) is 3.91. The van der Waals surface area contributed by atoms with Crippen LogP contribution in [0.5, 0.6) is 5.88 Å². The van der Waals surface area contributed by atoms with E-state index in [2.05, 4.69) is 19.7 Å². The number of aryl methyl sites for hydroxylation is 3. The number of aromatic nitrogens is 5. The van der Waals surface area contributed by atoms with E-state index < -0.39 is 39.6 Å². The van der Waals surface area contributed by atoms with Crippen LogP contribution in [0.1, 0.15) is 90.3 Å². The highest BCUT2D eigenvalue weighted by Crippen LogP contribution is 2.59. The first-order valence-electron chi connectivity index (χ1n) is 19.2. The number of benzene rings is 2. The summed E-state index contributed by atoms with van der Waals surface area (Å²) in [5, 5.41) is 0. The smallest absolute Gasteiger partial charge is 0.399 e. The summed E-state index contributed by atoms with van der Waals surface area (Å²) in [5.41, 5.74) is 2.67. The van der Waals surface area contributed by atoms with Gasteiger partial charge in [-0.2, -0.15) is 18.2 Å². The van der Waals surface area contributed by atoms with Gasteiger partial charge >= 0.3 is 6.18 Å². The maximum atomic E-state index is 15.1. The molecule has 292 valence electrons. The summed E-state index contributed by atoms with van der Waals surface area (Å²) in [5.74, 6) is -0.0194. The Bertz CT molecular complexity index is 2480. The number of ether oxygens (including phenoxy) is 1. The summed E-state index contributed by atoms with van der Waals surface area (Å²) in [6.07, 6.45) is 2.38. The Morgan fingerprint density at radius 2 is 1.66 bits per heavy atom. The number of nitrogens with one attached hydrogen (secondary N) is 1. The van der Waals surface area contributed by atoms with Crippen LogP contribution in [0.4, 0.5) is 19.1 Å². The van der Waals surface area contributed by atoms with E-state index in [1.54, 1.807) is 30.3 Å². The Hall–Kier alpha value is -5.05. The molecule has 15 heteroatoms. The van der Waals surface area contributed by atoms with Crippen molar-refractivity contribution >= 4 is 33.0 Å². The van der Waals surface area contributed by atoms with Crippen molar-refractivity contribution in [2.75, 3.05) is 11.3 Å². The molecule has 0 unspecified atom stereocenters. The third kappa shape index (κ3) is 6.09. The SMILES string of the molecule is Cc1cccc(C)c1-c1cc2nc(n1)NS(=O)(=O)c1cccc(c1)C(=O)N1[C@@H](c3cnc4cc(C5(C(F)(F)F)CC5)n(C)c4n3)CCC[C@H](C3CCC3)[C@H]1CO2. The molecule has 11 nitrogen and oxygen atoms in total. The highest BCUT2D eigenvalue weighted by molar-refractivity contribution is 7.92. The second-order valence-electron chi connectivity index (χ2n) is 15.9. The summed E-state index contributed by atoms with van der Waals surface area (Å²) in [6, 6.07) is 13.8. The predicted molar refractivity (Wildman–Crippen MR) is 203 cm³/mol. The molecule has 2 aliphatic carbocycles. The lowest BCUT2D eigenvalue weighted by Gasteiger charge is -2.44. The highest BCUT2D eigenvalue weighted by Gasteiger charge is 2.65. The molecule has 5 aromatic rings. The minimum atomic E-state index is -4.41. The van der Waals surface area contributed by atoms with Gasteiger partial charge in [0.2, 0.25) is 11.8 Å². The van der Waals surface area contributed by atoms with Gasteiger partial charge in [0.15, 0.2) is 5.65 Å². The Morgan fingerprint density at radius 3 is 2.36 bits per heavy atom. The molecule has 3 atom stereocenters. The van der Waals surface area contributed by atoms with Crippen LogP contribution in [-0.4, -0.2) is 62.6 Å². The second kappa shape index (κ2) is 13.3. The summed E-state index contributed by atoms with van der Waals surface area (Å²) in [4.78, 5) is 35.5. The van der Waals surface area contributed by atoms with Crippen LogP contribution >= 0.6 is 0 Å². The van der Waals surface area contributed by atoms with Gasteiger partial charge in [0.25, 0.3) is 15.9 Å². The number of hydrogen-bond acceptors (Lipinski definition) is 8. The van der Waals surface area contributed by atoms with Crippen molar-refractivity contribution in [3.63, 3.8) is 0 Å². The summed E-state index contributed by atoms with van der Waals surface area (Å²) in [7, 11) is -2.68. The van der Waals surface area contributed by atoms with Crippen molar-refractivity contribution in [1.82, 2.24) is 29.4 Å². The number of halogens is 3. The molecule has 3 aromatic heterocycles. The minimum absolute atomic E-state index is 0.00679. The zero-order chi connectivity index (χ0) is 39.1. The summed E-state index contributed by atoms with van der Waals surface area (Å²) < 4.78 is 81.2. The number of rotatable bonds is 4. The van der Waals surface area contributed by atoms with Crippen LogP contribution in [0.15, 0.2) is 65.7 Å². The van der Waals surface area contributed by atoms with Gasteiger partial charge in [-0.25, -0.2) is 23.1 Å². The molecule has 0 radical (unpaired) electrons. The normalized spacial score (nSPS) is 23.4. The van der Waals surface area contributed by atoms with Crippen molar-refractivity contribution in [3.05, 3.63) is 88.9 Å². The number of fused-ring (bicyclic) bond motifs is 6. The van der Waals surface area contributed by atoms with Crippen LogP contribution in [-0.2, 0) is 22.5 Å². The molecule has 56 heavy (non-hydrogen) atoms. The van der Waals surface area contributed by atoms with Crippen molar-refractivity contribution in [3.8, 4) is 17.1 Å². The van der Waals surface area contributed by atoms with Gasteiger partial charge in [-0.1, -0.05) is 49.9 Å². The van der Waals surface area contributed by atoms with E-state index in [4.69, 9.17) is 9.72 Å². The zero-order valence-electron chi connectivity index (χ0n) is 31.3. The lowest BCUT2D eigenvalue weighted by atomic mass is 9.71. The lowest BCUT2D eigenvalue weighted by Crippen LogP contribution is -2.51. The monoisotopic (exact) mass is 785 g/mol.